The van der Waals surface area contributed by atoms with Crippen LogP contribution in [0.4, 0.5) is 0 Å². The van der Waals surface area contributed by atoms with Crippen LogP contribution in [0.3, 0.4) is 0 Å². The van der Waals surface area contributed by atoms with Gasteiger partial charge in [-0.25, -0.2) is 0 Å². The lowest BCUT2D eigenvalue weighted by Gasteiger charge is -2.30. The van der Waals surface area contributed by atoms with Crippen molar-refractivity contribution in [3.8, 4) is 23.0 Å². The number of nitrogens with zero attached hydrogens (tertiary/aromatic N) is 1. The second kappa shape index (κ2) is 22.6. The van der Waals surface area contributed by atoms with Gasteiger partial charge in [-0.1, -0.05) is 72.8 Å². The zero-order valence-corrected chi connectivity index (χ0v) is 32.5. The van der Waals surface area contributed by atoms with Crippen LogP contribution in [0.25, 0.3) is 0 Å². The molecule has 0 fully saturated rings. The van der Waals surface area contributed by atoms with E-state index in [1.807, 2.05) is 84.9 Å². The average molecular weight is 754 g/mol. The number of nitrogens with one attached hydrogen (secondary N) is 1. The van der Waals surface area contributed by atoms with E-state index >= 15 is 0 Å². The van der Waals surface area contributed by atoms with Gasteiger partial charge in [0, 0.05) is 28.3 Å². The molecular weight excluding hydrogens is 698 g/mol. The van der Waals surface area contributed by atoms with Gasteiger partial charge >= 0.3 is 0 Å². The fourth-order valence-corrected chi connectivity index (χ4v) is 6.52. The number of hydrogen-bond acceptors (Lipinski definition) is 8. The summed E-state index contributed by atoms with van der Waals surface area (Å²) in [5.41, 5.74) is 9.51. The van der Waals surface area contributed by atoms with E-state index in [-0.39, 0.29) is 43.5 Å². The number of amides is 3. The molecule has 294 valence electrons. The van der Waals surface area contributed by atoms with Gasteiger partial charge in [0.05, 0.1) is 6.61 Å². The highest BCUT2D eigenvalue weighted by Crippen LogP contribution is 2.41. The maximum absolute atomic E-state index is 12.4. The lowest BCUT2D eigenvalue weighted by molar-refractivity contribution is -0.130. The summed E-state index contributed by atoms with van der Waals surface area (Å²) in [4.78, 5) is 37.6. The van der Waals surface area contributed by atoms with E-state index in [0.29, 0.717) is 49.7 Å². The number of ether oxygens (including phenoxy) is 5. The third-order valence-corrected chi connectivity index (χ3v) is 9.50. The Bertz CT molecular complexity index is 1810. The first kappa shape index (κ1) is 42.2. The highest BCUT2D eigenvalue weighted by molar-refractivity contribution is 5.77. The second-order valence-corrected chi connectivity index (χ2v) is 13.5. The molecular formula is C44H55N3O8. The fraction of sp³-hybridized carbons (Fsp3) is 0.386. The zero-order valence-electron chi connectivity index (χ0n) is 32.5. The number of hydrogen-bond donors (Lipinski definition) is 2. The Labute approximate surface area is 325 Å². The molecule has 0 aromatic heterocycles. The molecule has 0 aliphatic rings. The molecule has 11 nitrogen and oxygen atoms in total. The predicted octanol–water partition coefficient (Wildman–Crippen LogP) is 5.77. The summed E-state index contributed by atoms with van der Waals surface area (Å²) in [6, 6.07) is 31.6. The van der Waals surface area contributed by atoms with E-state index < -0.39 is 5.91 Å². The van der Waals surface area contributed by atoms with Gasteiger partial charge in [0.15, 0.2) is 19.8 Å². The monoisotopic (exact) mass is 753 g/mol. The van der Waals surface area contributed by atoms with Crippen molar-refractivity contribution < 1.29 is 38.1 Å². The van der Waals surface area contributed by atoms with Crippen molar-refractivity contribution in [2.24, 2.45) is 11.7 Å². The van der Waals surface area contributed by atoms with Crippen LogP contribution >= 0.6 is 0 Å². The van der Waals surface area contributed by atoms with Crippen LogP contribution in [0.5, 0.6) is 23.0 Å². The molecule has 0 radical (unpaired) electrons. The van der Waals surface area contributed by atoms with Crippen molar-refractivity contribution in [1.82, 2.24) is 10.2 Å². The number of primary amides is 1. The minimum atomic E-state index is -0.537. The van der Waals surface area contributed by atoms with Crippen molar-refractivity contribution in [3.63, 3.8) is 0 Å². The molecule has 55 heavy (non-hydrogen) atoms. The van der Waals surface area contributed by atoms with Gasteiger partial charge in [-0.3, -0.25) is 14.4 Å². The number of benzene rings is 4. The Balaban J connectivity index is 1.72. The van der Waals surface area contributed by atoms with Crippen molar-refractivity contribution >= 4 is 17.7 Å². The first-order valence-corrected chi connectivity index (χ1v) is 18.7. The van der Waals surface area contributed by atoms with Crippen LogP contribution in [0, 0.1) is 5.92 Å². The van der Waals surface area contributed by atoms with Gasteiger partial charge in [0.1, 0.15) is 29.6 Å². The summed E-state index contributed by atoms with van der Waals surface area (Å²) in [6.45, 7) is 0.528. The quantitative estimate of drug-likeness (QED) is 0.0862. The summed E-state index contributed by atoms with van der Waals surface area (Å²) in [6.07, 6.45) is 4.39. The second-order valence-electron chi connectivity index (χ2n) is 13.5. The summed E-state index contributed by atoms with van der Waals surface area (Å²) >= 11 is 0. The lowest BCUT2D eigenvalue weighted by Crippen LogP contribution is -2.27. The van der Waals surface area contributed by atoms with Gasteiger partial charge in [0.25, 0.3) is 17.7 Å². The molecule has 0 spiro atoms. The molecule has 0 aliphatic carbocycles. The van der Waals surface area contributed by atoms with Crippen LogP contribution < -0.4 is 30.0 Å². The topological polar surface area (TPSA) is 139 Å². The molecule has 3 amide bonds. The maximum Gasteiger partial charge on any atom is 0.259 e. The molecule has 2 atom stereocenters. The van der Waals surface area contributed by atoms with Crippen molar-refractivity contribution in [3.05, 3.63) is 119 Å². The fourth-order valence-electron chi connectivity index (χ4n) is 6.52. The van der Waals surface area contributed by atoms with Crippen molar-refractivity contribution in [2.75, 3.05) is 61.3 Å². The number of para-hydroxylation sites is 4. The molecule has 0 heterocycles. The summed E-state index contributed by atoms with van der Waals surface area (Å²) in [7, 11) is 6.66. The van der Waals surface area contributed by atoms with Crippen molar-refractivity contribution in [1.29, 1.82) is 0 Å². The lowest BCUT2D eigenvalue weighted by atomic mass is 9.76. The minimum Gasteiger partial charge on any atom is -0.491 e. The average Bonchev–Trinajstić information content (AvgIpc) is 3.20. The van der Waals surface area contributed by atoms with Crippen LogP contribution in [0.1, 0.15) is 47.4 Å². The molecule has 2 unspecified atom stereocenters. The zero-order chi connectivity index (χ0) is 39.4. The van der Waals surface area contributed by atoms with E-state index in [4.69, 9.17) is 29.4 Å². The van der Waals surface area contributed by atoms with E-state index in [0.717, 1.165) is 47.3 Å². The first-order valence-electron chi connectivity index (χ1n) is 18.7. The molecule has 0 aliphatic heterocycles. The number of carbonyl (C=O) groups is 3. The van der Waals surface area contributed by atoms with E-state index in [1.165, 1.54) is 4.90 Å². The molecule has 4 aromatic rings. The highest BCUT2D eigenvalue weighted by atomic mass is 16.5. The molecule has 0 saturated heterocycles. The van der Waals surface area contributed by atoms with Gasteiger partial charge in [-0.05, 0) is 96.9 Å². The Kier molecular flexibility index (Phi) is 17.4. The molecule has 3 N–H and O–H groups in total. The van der Waals surface area contributed by atoms with Crippen LogP contribution in [0.15, 0.2) is 97.1 Å². The van der Waals surface area contributed by atoms with E-state index in [9.17, 15) is 14.4 Å². The number of likely N-dealkylation sites (N-methyl/N-ethyl adjacent to an activating group) is 2. The molecule has 4 rings (SSSR count). The van der Waals surface area contributed by atoms with Crippen LogP contribution in [-0.4, -0.2) is 83.9 Å². The summed E-state index contributed by atoms with van der Waals surface area (Å²) in [5, 5.41) is 2.62. The predicted molar refractivity (Wildman–Crippen MR) is 213 cm³/mol. The number of methoxy groups -OCH3 is 1. The third kappa shape index (κ3) is 13.7. The molecule has 0 bridgehead atoms. The highest BCUT2D eigenvalue weighted by Gasteiger charge is 2.27. The van der Waals surface area contributed by atoms with Gasteiger partial charge in [-0.2, -0.15) is 0 Å². The molecule has 11 heteroatoms. The summed E-state index contributed by atoms with van der Waals surface area (Å²) < 4.78 is 29.5. The number of carbonyl (C=O) groups excluding carboxylic acids is 3. The smallest absolute Gasteiger partial charge is 0.259 e. The first-order chi connectivity index (χ1) is 26.7. The SMILES string of the molecule is CNC(=O)COc1ccccc1CCC(CCc1ccccc1OCC(N)=O)C(CCc1ccccc1OCC(=O)N(C)C)c1ccccc1OCCOC. The minimum absolute atomic E-state index is 0.0212. The Morgan fingerprint density at radius 1 is 0.618 bits per heavy atom. The van der Waals surface area contributed by atoms with Crippen LogP contribution in [-0.2, 0) is 38.4 Å². The number of nitrogens with two attached hydrogens (primary N) is 1. The largest absolute Gasteiger partial charge is 0.491 e. The van der Waals surface area contributed by atoms with E-state index in [1.54, 1.807) is 28.3 Å². The van der Waals surface area contributed by atoms with Gasteiger partial charge in [-0.15, -0.1) is 0 Å². The Morgan fingerprint density at radius 3 is 1.60 bits per heavy atom. The van der Waals surface area contributed by atoms with Crippen molar-refractivity contribution in [2.45, 2.75) is 44.4 Å². The van der Waals surface area contributed by atoms with Gasteiger partial charge in [0.2, 0.25) is 0 Å². The molecule has 0 saturated carbocycles. The maximum atomic E-state index is 12.4. The summed E-state index contributed by atoms with van der Waals surface area (Å²) in [5.74, 6) is 2.07. The Hall–Kier alpha value is -5.55. The molecule has 4 aromatic carbocycles. The normalized spacial score (nSPS) is 11.9. The van der Waals surface area contributed by atoms with Gasteiger partial charge < -0.3 is 39.6 Å². The van der Waals surface area contributed by atoms with Crippen LogP contribution in [0.2, 0.25) is 0 Å². The third-order valence-electron chi connectivity index (χ3n) is 9.50. The number of aryl methyl sites for hydroxylation is 3. The Morgan fingerprint density at radius 2 is 1.09 bits per heavy atom. The van der Waals surface area contributed by atoms with E-state index in [2.05, 4.69) is 17.4 Å². The number of rotatable bonds is 24. The standard InChI is InChI=1S/C44H55N3O8/c1-46-43(49)30-54-39-18-10-6-14-34(39)24-22-32(21-23-33-13-5-9-17-38(33)53-29-42(45)48)36(37-16-8-12-20-41(37)52-28-27-51-4)26-25-35-15-7-11-19-40(35)55-31-44(50)47(2)3/h5-20,32,36H,21-31H2,1-4H3,(H2,45,48)(H,46,49).